The highest BCUT2D eigenvalue weighted by atomic mass is 16.6. The second kappa shape index (κ2) is 6.10. The number of anilines is 1. The summed E-state index contributed by atoms with van der Waals surface area (Å²) in [6, 6.07) is 4.02. The SMILES string of the molecule is Cc1ccc([N+](=O)[O-])cc1NC(=O)C(=O)NCC1(CO)CC1. The van der Waals surface area contributed by atoms with E-state index in [9.17, 15) is 19.7 Å². The van der Waals surface area contributed by atoms with Gasteiger partial charge >= 0.3 is 11.8 Å². The van der Waals surface area contributed by atoms with Crippen molar-refractivity contribution in [1.29, 1.82) is 0 Å². The van der Waals surface area contributed by atoms with Crippen LogP contribution < -0.4 is 10.6 Å². The lowest BCUT2D eigenvalue weighted by molar-refractivity contribution is -0.384. The minimum Gasteiger partial charge on any atom is -0.396 e. The highest BCUT2D eigenvalue weighted by molar-refractivity contribution is 6.39. The van der Waals surface area contributed by atoms with Gasteiger partial charge in [-0.1, -0.05) is 6.07 Å². The maximum atomic E-state index is 11.8. The molecule has 0 spiro atoms. The Labute approximate surface area is 126 Å². The van der Waals surface area contributed by atoms with Gasteiger partial charge in [-0.2, -0.15) is 0 Å². The molecule has 118 valence electrons. The van der Waals surface area contributed by atoms with Gasteiger partial charge in [-0.15, -0.1) is 0 Å². The van der Waals surface area contributed by atoms with E-state index in [1.54, 1.807) is 6.92 Å². The molecule has 1 aliphatic carbocycles. The Kier molecular flexibility index (Phi) is 4.41. The van der Waals surface area contributed by atoms with E-state index in [2.05, 4.69) is 10.6 Å². The molecule has 0 aliphatic heterocycles. The summed E-state index contributed by atoms with van der Waals surface area (Å²) in [7, 11) is 0. The van der Waals surface area contributed by atoms with Gasteiger partial charge in [-0.3, -0.25) is 19.7 Å². The Hall–Kier alpha value is -2.48. The first-order chi connectivity index (χ1) is 10.4. The minimum atomic E-state index is -0.891. The van der Waals surface area contributed by atoms with Crippen LogP contribution in [0.5, 0.6) is 0 Å². The molecule has 2 rings (SSSR count). The number of carbonyl (C=O) groups excluding carboxylic acids is 2. The van der Waals surface area contributed by atoms with Crippen LogP contribution in [0.15, 0.2) is 18.2 Å². The summed E-state index contributed by atoms with van der Waals surface area (Å²) in [5.74, 6) is -1.72. The van der Waals surface area contributed by atoms with E-state index in [1.165, 1.54) is 18.2 Å². The fourth-order valence-corrected chi connectivity index (χ4v) is 1.95. The van der Waals surface area contributed by atoms with Crippen LogP contribution in [0.3, 0.4) is 0 Å². The van der Waals surface area contributed by atoms with Crippen molar-refractivity contribution in [2.45, 2.75) is 19.8 Å². The number of aliphatic hydroxyl groups is 1. The maximum absolute atomic E-state index is 11.8. The molecule has 0 unspecified atom stereocenters. The standard InChI is InChI=1S/C14H17N3O5/c1-9-2-3-10(17(21)22)6-11(9)16-13(20)12(19)15-7-14(8-18)4-5-14/h2-3,6,18H,4-5,7-8H2,1H3,(H,15,19)(H,16,20). The van der Waals surface area contributed by atoms with Gasteiger partial charge < -0.3 is 15.7 Å². The van der Waals surface area contributed by atoms with Crippen LogP contribution in [0.1, 0.15) is 18.4 Å². The summed E-state index contributed by atoms with van der Waals surface area (Å²) in [6.45, 7) is 1.88. The number of aliphatic hydroxyl groups excluding tert-OH is 1. The number of benzene rings is 1. The van der Waals surface area contributed by atoms with Gasteiger partial charge in [-0.25, -0.2) is 0 Å². The molecule has 3 N–H and O–H groups in total. The first-order valence-corrected chi connectivity index (χ1v) is 6.82. The first-order valence-electron chi connectivity index (χ1n) is 6.82. The van der Waals surface area contributed by atoms with Crippen LogP contribution in [0, 0.1) is 22.5 Å². The number of nitrogens with zero attached hydrogens (tertiary/aromatic N) is 1. The second-order valence-electron chi connectivity index (χ2n) is 5.55. The van der Waals surface area contributed by atoms with Crippen LogP contribution in [0.25, 0.3) is 0 Å². The summed E-state index contributed by atoms with van der Waals surface area (Å²) < 4.78 is 0. The van der Waals surface area contributed by atoms with Crippen molar-refractivity contribution in [2.24, 2.45) is 5.41 Å². The number of nitrogens with one attached hydrogen (secondary N) is 2. The Balaban J connectivity index is 1.97. The van der Waals surface area contributed by atoms with Crippen molar-refractivity contribution in [3.05, 3.63) is 33.9 Å². The molecule has 2 amide bonds. The molecule has 0 heterocycles. The molecule has 1 saturated carbocycles. The van der Waals surface area contributed by atoms with Crippen molar-refractivity contribution in [3.8, 4) is 0 Å². The average Bonchev–Trinajstić information content (AvgIpc) is 3.27. The van der Waals surface area contributed by atoms with Crippen LogP contribution in [0.2, 0.25) is 0 Å². The normalized spacial score (nSPS) is 15.0. The summed E-state index contributed by atoms with van der Waals surface area (Å²) in [6.07, 6.45) is 1.63. The Morgan fingerprint density at radius 2 is 2.05 bits per heavy atom. The van der Waals surface area contributed by atoms with Crippen molar-refractivity contribution in [3.63, 3.8) is 0 Å². The molecular formula is C14H17N3O5. The molecule has 1 aromatic rings. The minimum absolute atomic E-state index is 0.0289. The van der Waals surface area contributed by atoms with Crippen LogP contribution in [-0.4, -0.2) is 35.0 Å². The van der Waals surface area contributed by atoms with E-state index >= 15 is 0 Å². The highest BCUT2D eigenvalue weighted by Crippen LogP contribution is 2.44. The zero-order valence-corrected chi connectivity index (χ0v) is 12.1. The Morgan fingerprint density at radius 1 is 1.36 bits per heavy atom. The van der Waals surface area contributed by atoms with E-state index in [4.69, 9.17) is 5.11 Å². The summed E-state index contributed by atoms with van der Waals surface area (Å²) >= 11 is 0. The van der Waals surface area contributed by atoms with Crippen molar-refractivity contribution in [1.82, 2.24) is 5.32 Å². The number of aryl methyl sites for hydroxylation is 1. The maximum Gasteiger partial charge on any atom is 0.313 e. The number of amides is 2. The number of nitro groups is 1. The Bertz CT molecular complexity index is 625. The monoisotopic (exact) mass is 307 g/mol. The van der Waals surface area contributed by atoms with Crippen molar-refractivity contribution in [2.75, 3.05) is 18.5 Å². The molecule has 1 aromatic carbocycles. The lowest BCUT2D eigenvalue weighted by Gasteiger charge is -2.13. The van der Waals surface area contributed by atoms with Crippen molar-refractivity contribution < 1.29 is 19.6 Å². The molecule has 1 aliphatic rings. The second-order valence-corrected chi connectivity index (χ2v) is 5.55. The number of nitro benzene ring substituents is 1. The molecule has 0 aromatic heterocycles. The smallest absolute Gasteiger partial charge is 0.313 e. The molecule has 8 heteroatoms. The number of hydrogen-bond acceptors (Lipinski definition) is 5. The van der Waals surface area contributed by atoms with Crippen LogP contribution >= 0.6 is 0 Å². The Morgan fingerprint density at radius 3 is 2.59 bits per heavy atom. The molecular weight excluding hydrogens is 290 g/mol. The average molecular weight is 307 g/mol. The lowest BCUT2D eigenvalue weighted by atomic mass is 10.1. The number of non-ortho nitro benzene ring substituents is 1. The van der Waals surface area contributed by atoms with E-state index in [0.717, 1.165) is 12.8 Å². The number of rotatable bonds is 5. The third-order valence-electron chi connectivity index (χ3n) is 3.80. The number of hydrogen-bond donors (Lipinski definition) is 3. The fourth-order valence-electron chi connectivity index (χ4n) is 1.95. The van der Waals surface area contributed by atoms with Crippen LogP contribution in [-0.2, 0) is 9.59 Å². The summed E-state index contributed by atoms with van der Waals surface area (Å²) in [5.41, 5.74) is 0.370. The summed E-state index contributed by atoms with van der Waals surface area (Å²) in [4.78, 5) is 33.7. The zero-order chi connectivity index (χ0) is 16.3. The predicted octanol–water partition coefficient (Wildman–Crippen LogP) is 0.730. The molecule has 0 atom stereocenters. The zero-order valence-electron chi connectivity index (χ0n) is 12.1. The molecule has 0 radical (unpaired) electrons. The highest BCUT2D eigenvalue weighted by Gasteiger charge is 2.42. The molecule has 0 saturated heterocycles. The van der Waals surface area contributed by atoms with Gasteiger partial charge in [0.25, 0.3) is 5.69 Å². The fraction of sp³-hybridized carbons (Fsp3) is 0.429. The third kappa shape index (κ3) is 3.59. The molecule has 1 fully saturated rings. The van der Waals surface area contributed by atoms with Gasteiger partial charge in [0, 0.05) is 24.1 Å². The first kappa shape index (κ1) is 15.9. The van der Waals surface area contributed by atoms with Crippen LogP contribution in [0.4, 0.5) is 11.4 Å². The van der Waals surface area contributed by atoms with E-state index < -0.39 is 16.7 Å². The lowest BCUT2D eigenvalue weighted by Crippen LogP contribution is -2.39. The summed E-state index contributed by atoms with van der Waals surface area (Å²) in [5, 5.41) is 24.7. The van der Waals surface area contributed by atoms with E-state index in [0.29, 0.717) is 5.56 Å². The van der Waals surface area contributed by atoms with Gasteiger partial charge in [0.2, 0.25) is 0 Å². The van der Waals surface area contributed by atoms with Gasteiger partial charge in [0.1, 0.15) is 0 Å². The van der Waals surface area contributed by atoms with Gasteiger partial charge in [0.15, 0.2) is 0 Å². The van der Waals surface area contributed by atoms with E-state index in [1.807, 2.05) is 0 Å². The van der Waals surface area contributed by atoms with Gasteiger partial charge in [0.05, 0.1) is 17.2 Å². The molecule has 22 heavy (non-hydrogen) atoms. The number of carbonyl (C=O) groups is 2. The third-order valence-corrected chi connectivity index (χ3v) is 3.80. The largest absolute Gasteiger partial charge is 0.396 e. The van der Waals surface area contributed by atoms with E-state index in [-0.39, 0.29) is 29.9 Å². The predicted molar refractivity (Wildman–Crippen MR) is 78.2 cm³/mol. The molecule has 0 bridgehead atoms. The quantitative estimate of drug-likeness (QED) is 0.420. The van der Waals surface area contributed by atoms with Gasteiger partial charge in [-0.05, 0) is 25.3 Å². The molecule has 8 nitrogen and oxygen atoms in total. The topological polar surface area (TPSA) is 122 Å². The van der Waals surface area contributed by atoms with Crippen molar-refractivity contribution >= 4 is 23.2 Å².